The smallest absolute Gasteiger partial charge is 0.164 e. The van der Waals surface area contributed by atoms with E-state index in [9.17, 15) is 10.2 Å². The summed E-state index contributed by atoms with van der Waals surface area (Å²) in [5.41, 5.74) is 4.99. The highest BCUT2D eigenvalue weighted by Gasteiger charge is 2.25. The van der Waals surface area contributed by atoms with Crippen molar-refractivity contribution in [2.75, 3.05) is 28.4 Å². The first-order chi connectivity index (χ1) is 20.3. The molecule has 0 aliphatic carbocycles. The van der Waals surface area contributed by atoms with Crippen LogP contribution in [0.4, 0.5) is 0 Å². The van der Waals surface area contributed by atoms with Crippen LogP contribution in [0.25, 0.3) is 32.7 Å². The Bertz CT molecular complexity index is 1470. The highest BCUT2D eigenvalue weighted by molar-refractivity contribution is 6.06. The summed E-state index contributed by atoms with van der Waals surface area (Å²) in [4.78, 5) is 0. The van der Waals surface area contributed by atoms with Crippen LogP contribution < -0.4 is 18.9 Å². The molecular weight excluding hydrogens is 528 g/mol. The Kier molecular flexibility index (Phi) is 9.97. The minimum atomic E-state index is 0.115. The Morgan fingerprint density at radius 3 is 1.21 bits per heavy atom. The summed E-state index contributed by atoms with van der Waals surface area (Å²) in [6, 6.07) is 7.87. The van der Waals surface area contributed by atoms with Crippen LogP contribution in [-0.2, 0) is 12.8 Å². The second-order valence-corrected chi connectivity index (χ2v) is 11.1. The molecular formula is C36H46O6. The fourth-order valence-corrected chi connectivity index (χ4v) is 6.34. The number of hydrogen-bond donors (Lipinski definition) is 2. The Labute approximate surface area is 250 Å². The molecule has 0 atom stereocenters. The molecule has 226 valence electrons. The lowest BCUT2D eigenvalue weighted by Gasteiger charge is -2.22. The number of aromatic hydroxyl groups is 2. The number of benzene rings is 4. The third-order valence-corrected chi connectivity index (χ3v) is 8.43. The van der Waals surface area contributed by atoms with Gasteiger partial charge in [0.15, 0.2) is 23.0 Å². The minimum Gasteiger partial charge on any atom is -0.507 e. The molecule has 0 saturated carbocycles. The Hall–Kier alpha value is -3.80. The van der Waals surface area contributed by atoms with Gasteiger partial charge in [-0.1, -0.05) is 51.7 Å². The maximum atomic E-state index is 11.9. The molecule has 4 aromatic carbocycles. The van der Waals surface area contributed by atoms with E-state index in [1.807, 2.05) is 26.0 Å². The summed E-state index contributed by atoms with van der Waals surface area (Å²) in [5.74, 6) is 2.79. The molecule has 6 nitrogen and oxygen atoms in total. The van der Waals surface area contributed by atoms with Gasteiger partial charge in [0.25, 0.3) is 0 Å². The molecule has 0 aliphatic heterocycles. The standard InChI is InChI=1S/C36H46O6/c1-9-11-13-15-23-25-17-21(3)31(33(37)27(25)19-29(39-5)35(23)41-7)32-22(4)18-26-24(16-14-12-10-2)36(42-8)30(40-6)20-28(26)34(32)38/h17-20,37-38H,9-16H2,1-8H3. The Morgan fingerprint density at radius 2 is 0.905 bits per heavy atom. The van der Waals surface area contributed by atoms with Gasteiger partial charge in [0, 0.05) is 33.0 Å². The number of aryl methyl sites for hydroxylation is 4. The van der Waals surface area contributed by atoms with E-state index < -0.39 is 0 Å². The maximum absolute atomic E-state index is 11.9. The molecule has 0 bridgehead atoms. The molecule has 0 radical (unpaired) electrons. The summed E-state index contributed by atoms with van der Waals surface area (Å²) in [5, 5.41) is 27.0. The van der Waals surface area contributed by atoms with Crippen LogP contribution in [0.1, 0.15) is 74.6 Å². The van der Waals surface area contributed by atoms with Crippen LogP contribution in [-0.4, -0.2) is 38.7 Å². The van der Waals surface area contributed by atoms with E-state index in [2.05, 4.69) is 26.0 Å². The number of methoxy groups -OCH3 is 4. The Morgan fingerprint density at radius 1 is 0.524 bits per heavy atom. The number of unbranched alkanes of at least 4 members (excludes halogenated alkanes) is 4. The van der Waals surface area contributed by atoms with E-state index in [-0.39, 0.29) is 11.5 Å². The summed E-state index contributed by atoms with van der Waals surface area (Å²) in [6.07, 6.45) is 8.05. The second kappa shape index (κ2) is 13.5. The molecule has 0 amide bonds. The molecule has 0 fully saturated rings. The lowest BCUT2D eigenvalue weighted by molar-refractivity contribution is 0.352. The van der Waals surface area contributed by atoms with E-state index in [0.29, 0.717) is 44.9 Å². The van der Waals surface area contributed by atoms with E-state index in [4.69, 9.17) is 18.9 Å². The van der Waals surface area contributed by atoms with Crippen molar-refractivity contribution in [2.45, 2.75) is 79.1 Å². The highest BCUT2D eigenvalue weighted by Crippen LogP contribution is 2.51. The van der Waals surface area contributed by atoms with Crippen LogP contribution in [0.5, 0.6) is 34.5 Å². The quantitative estimate of drug-likeness (QED) is 0.155. The molecule has 0 heterocycles. The van der Waals surface area contributed by atoms with Gasteiger partial charge in [-0.2, -0.15) is 0 Å². The van der Waals surface area contributed by atoms with Gasteiger partial charge < -0.3 is 29.2 Å². The molecule has 4 rings (SSSR count). The van der Waals surface area contributed by atoms with Crippen molar-refractivity contribution in [2.24, 2.45) is 0 Å². The van der Waals surface area contributed by atoms with E-state index >= 15 is 0 Å². The lowest BCUT2D eigenvalue weighted by atomic mass is 9.86. The highest BCUT2D eigenvalue weighted by atomic mass is 16.5. The first kappa shape index (κ1) is 31.1. The SMILES string of the molecule is CCCCCc1c(OC)c(OC)cc2c(O)c(-c3c(C)cc4c(CCCCC)c(OC)c(OC)cc4c3O)c(C)cc12. The zero-order valence-corrected chi connectivity index (χ0v) is 26.5. The van der Waals surface area contributed by atoms with Crippen molar-refractivity contribution in [1.29, 1.82) is 0 Å². The van der Waals surface area contributed by atoms with Gasteiger partial charge >= 0.3 is 0 Å². The van der Waals surface area contributed by atoms with E-state index in [0.717, 1.165) is 84.4 Å². The van der Waals surface area contributed by atoms with Crippen molar-refractivity contribution in [3.63, 3.8) is 0 Å². The van der Waals surface area contributed by atoms with Crippen molar-refractivity contribution >= 4 is 21.5 Å². The van der Waals surface area contributed by atoms with Crippen molar-refractivity contribution in [3.8, 4) is 45.6 Å². The summed E-state index contributed by atoms with van der Waals surface area (Å²) in [7, 11) is 6.55. The lowest BCUT2D eigenvalue weighted by Crippen LogP contribution is -2.01. The number of rotatable bonds is 13. The van der Waals surface area contributed by atoms with E-state index in [1.54, 1.807) is 28.4 Å². The molecule has 6 heteroatoms. The third kappa shape index (κ3) is 5.51. The normalized spacial score (nSPS) is 11.3. The van der Waals surface area contributed by atoms with Crippen LogP contribution in [0.2, 0.25) is 0 Å². The van der Waals surface area contributed by atoms with Crippen molar-refractivity contribution in [1.82, 2.24) is 0 Å². The summed E-state index contributed by atoms with van der Waals surface area (Å²) < 4.78 is 23.0. The molecule has 0 saturated heterocycles. The van der Waals surface area contributed by atoms with Gasteiger partial charge in [0.1, 0.15) is 11.5 Å². The number of hydrogen-bond acceptors (Lipinski definition) is 6. The Balaban J connectivity index is 2.03. The predicted octanol–water partition coefficient (Wildman–Crippen LogP) is 9.19. The predicted molar refractivity (Wildman–Crippen MR) is 172 cm³/mol. The number of ether oxygens (including phenoxy) is 4. The van der Waals surface area contributed by atoms with Crippen molar-refractivity contribution < 1.29 is 29.2 Å². The fraction of sp³-hybridized carbons (Fsp3) is 0.444. The molecule has 0 spiro atoms. The number of phenols is 2. The molecule has 0 unspecified atom stereocenters. The van der Waals surface area contributed by atoms with Gasteiger partial charge in [0.05, 0.1) is 28.4 Å². The molecule has 2 N–H and O–H groups in total. The average molecular weight is 575 g/mol. The summed E-state index contributed by atoms with van der Waals surface area (Å²) in [6.45, 7) is 8.33. The van der Waals surface area contributed by atoms with Crippen molar-refractivity contribution in [3.05, 3.63) is 46.5 Å². The first-order valence-electron chi connectivity index (χ1n) is 15.1. The van der Waals surface area contributed by atoms with Gasteiger partial charge in [-0.15, -0.1) is 0 Å². The zero-order chi connectivity index (χ0) is 30.6. The van der Waals surface area contributed by atoms with Crippen LogP contribution in [0.15, 0.2) is 24.3 Å². The van der Waals surface area contributed by atoms with E-state index in [1.165, 1.54) is 0 Å². The van der Waals surface area contributed by atoms with Gasteiger partial charge in [-0.05, 0) is 73.6 Å². The number of fused-ring (bicyclic) bond motifs is 2. The zero-order valence-electron chi connectivity index (χ0n) is 26.5. The van der Waals surface area contributed by atoms with Gasteiger partial charge in [-0.3, -0.25) is 0 Å². The number of phenolic OH excluding ortho intramolecular Hbond substituents is 2. The second-order valence-electron chi connectivity index (χ2n) is 11.1. The minimum absolute atomic E-state index is 0.115. The van der Waals surface area contributed by atoms with Gasteiger partial charge in [0.2, 0.25) is 0 Å². The average Bonchev–Trinajstić information content (AvgIpc) is 2.98. The topological polar surface area (TPSA) is 77.4 Å². The molecule has 4 aromatic rings. The molecule has 0 aromatic heterocycles. The third-order valence-electron chi connectivity index (χ3n) is 8.43. The first-order valence-corrected chi connectivity index (χ1v) is 15.1. The monoisotopic (exact) mass is 574 g/mol. The molecule has 0 aliphatic rings. The van der Waals surface area contributed by atoms with Crippen LogP contribution in [0.3, 0.4) is 0 Å². The molecule has 42 heavy (non-hydrogen) atoms. The van der Waals surface area contributed by atoms with Gasteiger partial charge in [-0.25, -0.2) is 0 Å². The van der Waals surface area contributed by atoms with Crippen LogP contribution >= 0.6 is 0 Å². The van der Waals surface area contributed by atoms with Crippen LogP contribution in [0, 0.1) is 13.8 Å². The summed E-state index contributed by atoms with van der Waals surface area (Å²) >= 11 is 0. The maximum Gasteiger partial charge on any atom is 0.164 e. The fourth-order valence-electron chi connectivity index (χ4n) is 6.34. The largest absolute Gasteiger partial charge is 0.507 e.